The van der Waals surface area contributed by atoms with Crippen LogP contribution in [0.15, 0.2) is 24.3 Å². The molecule has 0 saturated heterocycles. The largest absolute Gasteiger partial charge is 0.394 e. The number of amides is 1. The summed E-state index contributed by atoms with van der Waals surface area (Å²) in [5.74, 6) is -0.591. The molecule has 0 aliphatic carbocycles. The molecule has 0 aromatic carbocycles. The van der Waals surface area contributed by atoms with Gasteiger partial charge in [-0.2, -0.15) is 0 Å². The summed E-state index contributed by atoms with van der Waals surface area (Å²) in [5, 5.41) is 42.9. The summed E-state index contributed by atoms with van der Waals surface area (Å²) in [6.45, 7) is 3.91. The van der Waals surface area contributed by atoms with Gasteiger partial charge in [0.25, 0.3) is 0 Å². The second kappa shape index (κ2) is 39.0. The molecule has 6 heteroatoms. The van der Waals surface area contributed by atoms with E-state index in [9.17, 15) is 25.2 Å². The number of nitrogens with one attached hydrogen (secondary N) is 1. The number of carbonyl (C=O) groups is 1. The van der Waals surface area contributed by atoms with E-state index < -0.39 is 36.9 Å². The van der Waals surface area contributed by atoms with Crippen LogP contribution in [-0.2, 0) is 4.79 Å². The first kappa shape index (κ1) is 48.8. The fourth-order valence-electron chi connectivity index (χ4n) is 6.67. The zero-order chi connectivity index (χ0) is 36.8. The summed E-state index contributed by atoms with van der Waals surface area (Å²) in [4.78, 5) is 12.4. The standard InChI is InChI=1S/C44H85NO5/c1-3-5-7-9-10-11-12-13-14-15-16-17-18-19-20-21-22-23-24-25-26-27-28-29-30-31-32-33-34-36-38-42(48)44(50)45-40(39-46)43(49)41(47)37-35-8-6-4-2/h16-17,19-20,40-43,46-49H,3-15,18,21-39H2,1-2H3,(H,45,50)/b17-16-,20-19-. The molecule has 0 fully saturated rings. The zero-order valence-electron chi connectivity index (χ0n) is 33.2. The molecular weight excluding hydrogens is 622 g/mol. The molecule has 50 heavy (non-hydrogen) atoms. The smallest absolute Gasteiger partial charge is 0.249 e. The molecular formula is C44H85NO5. The van der Waals surface area contributed by atoms with Gasteiger partial charge >= 0.3 is 0 Å². The van der Waals surface area contributed by atoms with Crippen LogP contribution in [0.3, 0.4) is 0 Å². The molecule has 0 rings (SSSR count). The van der Waals surface area contributed by atoms with Gasteiger partial charge in [-0.1, -0.05) is 199 Å². The van der Waals surface area contributed by atoms with Crippen molar-refractivity contribution in [2.75, 3.05) is 6.61 Å². The molecule has 0 saturated carbocycles. The first-order valence-electron chi connectivity index (χ1n) is 21.7. The van der Waals surface area contributed by atoms with Crippen LogP contribution in [0, 0.1) is 0 Å². The van der Waals surface area contributed by atoms with E-state index >= 15 is 0 Å². The maximum Gasteiger partial charge on any atom is 0.249 e. The van der Waals surface area contributed by atoms with Gasteiger partial charge in [-0.25, -0.2) is 0 Å². The van der Waals surface area contributed by atoms with Gasteiger partial charge in [0.2, 0.25) is 5.91 Å². The lowest BCUT2D eigenvalue weighted by Gasteiger charge is -2.27. The Morgan fingerprint density at radius 2 is 0.860 bits per heavy atom. The lowest BCUT2D eigenvalue weighted by Crippen LogP contribution is -2.53. The van der Waals surface area contributed by atoms with Gasteiger partial charge in [0, 0.05) is 0 Å². The molecule has 0 radical (unpaired) electrons. The lowest BCUT2D eigenvalue weighted by atomic mass is 9.99. The number of aliphatic hydroxyl groups is 4. The molecule has 6 nitrogen and oxygen atoms in total. The SMILES string of the molecule is CCCCCCCCCCC/C=C\C/C=C\CCCCCCCCCCCCCCCCC(O)C(=O)NC(CO)C(O)C(O)CCCCCC. The maximum absolute atomic E-state index is 12.4. The lowest BCUT2D eigenvalue weighted by molar-refractivity contribution is -0.132. The average molecular weight is 708 g/mol. The molecule has 0 aliphatic heterocycles. The maximum atomic E-state index is 12.4. The van der Waals surface area contributed by atoms with Crippen LogP contribution in [0.25, 0.3) is 0 Å². The first-order chi connectivity index (χ1) is 24.5. The number of unbranched alkanes of at least 4 members (excludes halogenated alkanes) is 26. The number of aliphatic hydroxyl groups excluding tert-OH is 4. The van der Waals surface area contributed by atoms with Crippen molar-refractivity contribution in [3.05, 3.63) is 24.3 Å². The molecule has 0 aromatic heterocycles. The number of carbonyl (C=O) groups excluding carboxylic acids is 1. The van der Waals surface area contributed by atoms with E-state index in [2.05, 4.69) is 43.5 Å². The van der Waals surface area contributed by atoms with Gasteiger partial charge in [0.05, 0.1) is 18.8 Å². The van der Waals surface area contributed by atoms with E-state index in [1.165, 1.54) is 141 Å². The molecule has 0 aliphatic rings. The van der Waals surface area contributed by atoms with Crippen molar-refractivity contribution in [3.63, 3.8) is 0 Å². The first-order valence-corrected chi connectivity index (χ1v) is 21.7. The number of rotatable bonds is 39. The monoisotopic (exact) mass is 708 g/mol. The van der Waals surface area contributed by atoms with Gasteiger partial charge in [0.15, 0.2) is 0 Å². The van der Waals surface area contributed by atoms with Crippen molar-refractivity contribution in [1.29, 1.82) is 0 Å². The highest BCUT2D eigenvalue weighted by atomic mass is 16.3. The quantitative estimate of drug-likeness (QED) is 0.0323. The van der Waals surface area contributed by atoms with Crippen molar-refractivity contribution < 1.29 is 25.2 Å². The second-order valence-electron chi connectivity index (χ2n) is 15.0. The van der Waals surface area contributed by atoms with E-state index in [-0.39, 0.29) is 0 Å². The Kier molecular flexibility index (Phi) is 38.1. The number of hydrogen-bond donors (Lipinski definition) is 5. The molecule has 1 amide bonds. The van der Waals surface area contributed by atoms with Gasteiger partial charge in [-0.15, -0.1) is 0 Å². The number of hydrogen-bond acceptors (Lipinski definition) is 5. The van der Waals surface area contributed by atoms with E-state index in [1.54, 1.807) is 0 Å². The minimum absolute atomic E-state index is 0.369. The third-order valence-electron chi connectivity index (χ3n) is 10.2. The minimum Gasteiger partial charge on any atom is -0.394 e. The van der Waals surface area contributed by atoms with Gasteiger partial charge in [-0.3, -0.25) is 4.79 Å². The zero-order valence-corrected chi connectivity index (χ0v) is 33.2. The van der Waals surface area contributed by atoms with Crippen LogP contribution >= 0.6 is 0 Å². The van der Waals surface area contributed by atoms with Crippen LogP contribution < -0.4 is 5.32 Å². The van der Waals surface area contributed by atoms with Crippen molar-refractivity contribution in [1.82, 2.24) is 5.32 Å². The van der Waals surface area contributed by atoms with Crippen molar-refractivity contribution >= 4 is 5.91 Å². The molecule has 4 atom stereocenters. The number of allylic oxidation sites excluding steroid dienone is 4. The normalized spacial score (nSPS) is 14.4. The van der Waals surface area contributed by atoms with Gasteiger partial charge in [0.1, 0.15) is 12.2 Å². The van der Waals surface area contributed by atoms with E-state index in [0.717, 1.165) is 51.4 Å². The van der Waals surface area contributed by atoms with Crippen molar-refractivity contribution in [3.8, 4) is 0 Å². The predicted molar refractivity (Wildman–Crippen MR) is 214 cm³/mol. The highest BCUT2D eigenvalue weighted by Crippen LogP contribution is 2.16. The third kappa shape index (κ3) is 32.7. The van der Waals surface area contributed by atoms with Crippen molar-refractivity contribution in [2.45, 2.75) is 244 Å². The Bertz CT molecular complexity index is 757. The molecule has 0 spiro atoms. The highest BCUT2D eigenvalue weighted by Gasteiger charge is 2.28. The van der Waals surface area contributed by atoms with E-state index in [1.807, 2.05) is 0 Å². The van der Waals surface area contributed by atoms with E-state index in [4.69, 9.17) is 0 Å². The Morgan fingerprint density at radius 1 is 0.500 bits per heavy atom. The van der Waals surface area contributed by atoms with Crippen molar-refractivity contribution in [2.24, 2.45) is 0 Å². The summed E-state index contributed by atoms with van der Waals surface area (Å²) in [5.41, 5.74) is 0. The fourth-order valence-corrected chi connectivity index (χ4v) is 6.67. The Balaban J connectivity index is 3.51. The summed E-state index contributed by atoms with van der Waals surface area (Å²) in [7, 11) is 0. The molecule has 4 unspecified atom stereocenters. The van der Waals surface area contributed by atoms with Crippen LogP contribution in [0.4, 0.5) is 0 Å². The minimum atomic E-state index is -1.25. The summed E-state index contributed by atoms with van der Waals surface area (Å²) >= 11 is 0. The van der Waals surface area contributed by atoms with Crippen LogP contribution in [0.1, 0.15) is 219 Å². The second-order valence-corrected chi connectivity index (χ2v) is 15.0. The fraction of sp³-hybridized carbons (Fsp3) is 0.886. The molecule has 0 bridgehead atoms. The highest BCUT2D eigenvalue weighted by molar-refractivity contribution is 5.80. The van der Waals surface area contributed by atoms with Gasteiger partial charge < -0.3 is 25.7 Å². The predicted octanol–water partition coefficient (Wildman–Crippen LogP) is 11.2. The average Bonchev–Trinajstić information content (AvgIpc) is 3.12. The molecule has 296 valence electrons. The van der Waals surface area contributed by atoms with Crippen LogP contribution in [0.2, 0.25) is 0 Å². The molecule has 0 aromatic rings. The summed E-state index contributed by atoms with van der Waals surface area (Å²) in [6.07, 6.45) is 44.4. The van der Waals surface area contributed by atoms with Gasteiger partial charge in [-0.05, 0) is 44.9 Å². The molecule has 5 N–H and O–H groups in total. The third-order valence-corrected chi connectivity index (χ3v) is 10.2. The van der Waals surface area contributed by atoms with Crippen LogP contribution in [0.5, 0.6) is 0 Å². The Labute approximate surface area is 310 Å². The topological polar surface area (TPSA) is 110 Å². The van der Waals surface area contributed by atoms with E-state index in [0.29, 0.717) is 12.8 Å². The Morgan fingerprint density at radius 3 is 1.28 bits per heavy atom. The summed E-state index contributed by atoms with van der Waals surface area (Å²) < 4.78 is 0. The molecule has 0 heterocycles. The summed E-state index contributed by atoms with van der Waals surface area (Å²) in [6, 6.07) is -0.979. The Hall–Kier alpha value is -1.21. The van der Waals surface area contributed by atoms with Crippen LogP contribution in [-0.4, -0.2) is 57.3 Å².